The number of halogens is 1. The number of hydrogen-bond donors (Lipinski definition) is 3. The molecule has 1 amide bonds. The van der Waals surface area contributed by atoms with Gasteiger partial charge in [0.15, 0.2) is 16.1 Å². The largest absolute Gasteiger partial charge is 0.477 e. The monoisotopic (exact) mass is 413 g/mol. The van der Waals surface area contributed by atoms with Gasteiger partial charge in [-0.05, 0) is 12.8 Å². The first-order valence-electron chi connectivity index (χ1n) is 8.45. The summed E-state index contributed by atoms with van der Waals surface area (Å²) in [6.45, 7) is 3.04. The molecule has 3 heterocycles. The molecule has 11 heteroatoms. The number of nitrogens with one attached hydrogen (secondary N) is 2. The van der Waals surface area contributed by atoms with Gasteiger partial charge in [0.2, 0.25) is 0 Å². The topological polar surface area (TPSA) is 120 Å². The van der Waals surface area contributed by atoms with E-state index in [0.29, 0.717) is 36.2 Å². The molecule has 3 rings (SSSR count). The number of carboxylic acids is 1. The zero-order valence-electron chi connectivity index (χ0n) is 14.9. The number of nitrogens with zero attached hydrogens (tertiary/aromatic N) is 3. The third-order valence-corrected chi connectivity index (χ3v) is 5.81. The average molecular weight is 414 g/mol. The molecule has 0 saturated carbocycles. The highest BCUT2D eigenvalue weighted by atomic mass is 35.5. The molecule has 1 fully saturated rings. The van der Waals surface area contributed by atoms with E-state index in [1.165, 1.54) is 6.20 Å². The molecule has 1 aliphatic heterocycles. The zero-order valence-corrected chi connectivity index (χ0v) is 16.4. The number of rotatable bonds is 6. The lowest BCUT2D eigenvalue weighted by Crippen LogP contribution is -2.55. The lowest BCUT2D eigenvalue weighted by molar-refractivity contribution is 0.0538. The van der Waals surface area contributed by atoms with Gasteiger partial charge in [-0.1, -0.05) is 29.9 Å². The molecule has 0 radical (unpaired) electrons. The van der Waals surface area contributed by atoms with Crippen LogP contribution in [0.1, 0.15) is 39.3 Å². The number of thiazole rings is 1. The van der Waals surface area contributed by atoms with Crippen LogP contribution in [0.25, 0.3) is 0 Å². The van der Waals surface area contributed by atoms with Gasteiger partial charge in [-0.2, -0.15) is 0 Å². The summed E-state index contributed by atoms with van der Waals surface area (Å²) in [6.07, 6.45) is 2.37. The Hall–Kier alpha value is -2.17. The second-order valence-electron chi connectivity index (χ2n) is 6.11. The van der Waals surface area contributed by atoms with Crippen molar-refractivity contribution in [3.05, 3.63) is 27.7 Å². The van der Waals surface area contributed by atoms with Crippen LogP contribution in [0.4, 0.5) is 5.13 Å². The fourth-order valence-corrected chi connectivity index (χ4v) is 4.03. The number of imidazole rings is 1. The summed E-state index contributed by atoms with van der Waals surface area (Å²) in [5.41, 5.74) is 0.720. The summed E-state index contributed by atoms with van der Waals surface area (Å²) in [4.78, 5) is 36.8. The Morgan fingerprint density at radius 1 is 1.56 bits per heavy atom. The number of ether oxygens (including phenoxy) is 1. The zero-order chi connectivity index (χ0) is 19.6. The number of amides is 1. The van der Waals surface area contributed by atoms with Crippen LogP contribution in [-0.4, -0.2) is 64.3 Å². The van der Waals surface area contributed by atoms with Gasteiger partial charge in [-0.25, -0.2) is 14.8 Å². The molecule has 0 spiro atoms. The van der Waals surface area contributed by atoms with Crippen molar-refractivity contribution >= 4 is 39.9 Å². The van der Waals surface area contributed by atoms with Gasteiger partial charge >= 0.3 is 5.97 Å². The van der Waals surface area contributed by atoms with Crippen molar-refractivity contribution < 1.29 is 19.4 Å². The molecule has 27 heavy (non-hydrogen) atoms. The number of piperidine rings is 1. The van der Waals surface area contributed by atoms with E-state index < -0.39 is 5.97 Å². The molecular formula is C16H20ClN5O4S. The summed E-state index contributed by atoms with van der Waals surface area (Å²) in [5, 5.41) is 12.9. The standard InChI is InChI=1S/C16H20ClN5O4S/c1-3-8-12(17)21-13(19-8)14(23)20-9-4-5-22(7-10(9)26-2)16-18-6-11(27-16)15(24)25/h6,9-10H,3-5,7H2,1-2H3,(H,19,21)(H,20,23)(H,24,25). The Kier molecular flexibility index (Phi) is 5.98. The van der Waals surface area contributed by atoms with E-state index in [4.69, 9.17) is 21.4 Å². The first-order valence-corrected chi connectivity index (χ1v) is 9.64. The fourth-order valence-electron chi connectivity index (χ4n) is 2.97. The van der Waals surface area contributed by atoms with E-state index >= 15 is 0 Å². The van der Waals surface area contributed by atoms with E-state index in [9.17, 15) is 9.59 Å². The number of anilines is 1. The molecule has 146 valence electrons. The van der Waals surface area contributed by atoms with Crippen molar-refractivity contribution in [1.82, 2.24) is 20.3 Å². The molecule has 0 aliphatic carbocycles. The second-order valence-corrected chi connectivity index (χ2v) is 7.48. The van der Waals surface area contributed by atoms with Crippen molar-refractivity contribution in [2.75, 3.05) is 25.1 Å². The van der Waals surface area contributed by atoms with Crippen molar-refractivity contribution in [1.29, 1.82) is 0 Å². The van der Waals surface area contributed by atoms with Crippen LogP contribution in [-0.2, 0) is 11.2 Å². The highest BCUT2D eigenvalue weighted by Crippen LogP contribution is 2.26. The minimum absolute atomic E-state index is 0.181. The van der Waals surface area contributed by atoms with Crippen LogP contribution in [0.3, 0.4) is 0 Å². The van der Waals surface area contributed by atoms with Crippen LogP contribution in [0.2, 0.25) is 5.15 Å². The quantitative estimate of drug-likeness (QED) is 0.660. The van der Waals surface area contributed by atoms with Gasteiger partial charge in [0.05, 0.1) is 24.0 Å². The molecule has 2 aromatic heterocycles. The van der Waals surface area contributed by atoms with Gasteiger partial charge in [0.1, 0.15) is 4.88 Å². The molecule has 1 saturated heterocycles. The lowest BCUT2D eigenvalue weighted by Gasteiger charge is -2.37. The lowest BCUT2D eigenvalue weighted by atomic mass is 10.0. The number of hydrogen-bond acceptors (Lipinski definition) is 7. The van der Waals surface area contributed by atoms with Crippen molar-refractivity contribution in [2.45, 2.75) is 31.9 Å². The van der Waals surface area contributed by atoms with E-state index in [1.807, 2.05) is 11.8 Å². The number of H-pyrrole nitrogens is 1. The normalized spacial score (nSPS) is 19.9. The molecule has 0 bridgehead atoms. The minimum atomic E-state index is -0.993. The van der Waals surface area contributed by atoms with E-state index in [1.54, 1.807) is 7.11 Å². The highest BCUT2D eigenvalue weighted by molar-refractivity contribution is 7.17. The minimum Gasteiger partial charge on any atom is -0.477 e. The van der Waals surface area contributed by atoms with Crippen LogP contribution in [0.15, 0.2) is 6.20 Å². The van der Waals surface area contributed by atoms with E-state index in [2.05, 4.69) is 20.3 Å². The molecule has 2 atom stereocenters. The third kappa shape index (κ3) is 4.23. The SMILES string of the molecule is CCc1[nH]c(C(=O)NC2CCN(c3ncc(C(=O)O)s3)CC2OC)nc1Cl. The number of carbonyl (C=O) groups is 2. The van der Waals surface area contributed by atoms with Crippen molar-refractivity contribution in [2.24, 2.45) is 0 Å². The maximum Gasteiger partial charge on any atom is 0.347 e. The number of aryl methyl sites for hydroxylation is 1. The summed E-state index contributed by atoms with van der Waals surface area (Å²) < 4.78 is 5.54. The van der Waals surface area contributed by atoms with E-state index in [-0.39, 0.29) is 28.8 Å². The molecule has 3 N–H and O–H groups in total. The van der Waals surface area contributed by atoms with Gasteiger partial charge < -0.3 is 25.0 Å². The predicted octanol–water partition coefficient (Wildman–Crippen LogP) is 1.80. The number of carboxylic acid groups (broad SMARTS) is 1. The maximum absolute atomic E-state index is 12.5. The van der Waals surface area contributed by atoms with Crippen LogP contribution in [0, 0.1) is 0 Å². The first kappa shape index (κ1) is 19.6. The number of carbonyl (C=O) groups excluding carboxylic acids is 1. The Morgan fingerprint density at radius 3 is 2.93 bits per heavy atom. The van der Waals surface area contributed by atoms with Crippen molar-refractivity contribution in [3.63, 3.8) is 0 Å². The van der Waals surface area contributed by atoms with Gasteiger partial charge in [0, 0.05) is 20.2 Å². The summed E-state index contributed by atoms with van der Waals surface area (Å²) in [7, 11) is 1.58. The van der Waals surface area contributed by atoms with Gasteiger partial charge in [0.25, 0.3) is 5.91 Å². The van der Waals surface area contributed by atoms with Crippen LogP contribution in [0.5, 0.6) is 0 Å². The highest BCUT2D eigenvalue weighted by Gasteiger charge is 2.32. The Bertz CT molecular complexity index is 839. The number of aromatic amines is 1. The second kappa shape index (κ2) is 8.24. The molecule has 2 unspecified atom stereocenters. The molecule has 1 aliphatic rings. The van der Waals surface area contributed by atoms with Crippen molar-refractivity contribution in [3.8, 4) is 0 Å². The summed E-state index contributed by atoms with van der Waals surface area (Å²) in [6, 6.07) is -0.202. The Balaban J connectivity index is 1.65. The molecule has 9 nitrogen and oxygen atoms in total. The third-order valence-electron chi connectivity index (χ3n) is 4.45. The number of methoxy groups -OCH3 is 1. The molecular weight excluding hydrogens is 394 g/mol. The predicted molar refractivity (Wildman–Crippen MR) is 101 cm³/mol. The van der Waals surface area contributed by atoms with Crippen LogP contribution < -0.4 is 10.2 Å². The van der Waals surface area contributed by atoms with E-state index in [0.717, 1.165) is 17.0 Å². The Labute approximate surface area is 164 Å². The average Bonchev–Trinajstić information content (AvgIpc) is 3.29. The summed E-state index contributed by atoms with van der Waals surface area (Å²) in [5.74, 6) is -1.15. The van der Waals surface area contributed by atoms with Gasteiger partial charge in [-0.15, -0.1) is 0 Å². The fraction of sp³-hybridized carbons (Fsp3) is 0.500. The van der Waals surface area contributed by atoms with Crippen LogP contribution >= 0.6 is 22.9 Å². The molecule has 2 aromatic rings. The molecule has 0 aromatic carbocycles. The Morgan fingerprint density at radius 2 is 2.33 bits per heavy atom. The van der Waals surface area contributed by atoms with Gasteiger partial charge in [-0.3, -0.25) is 4.79 Å². The summed E-state index contributed by atoms with van der Waals surface area (Å²) >= 11 is 7.12. The number of aromatic nitrogens is 3. The maximum atomic E-state index is 12.5. The smallest absolute Gasteiger partial charge is 0.347 e. The first-order chi connectivity index (χ1) is 12.9. The number of aromatic carboxylic acids is 1.